The molecule has 0 aliphatic carbocycles. The van der Waals surface area contributed by atoms with Crippen LogP contribution in [0.1, 0.15) is 60.9 Å². The Morgan fingerprint density at radius 1 is 1.29 bits per heavy atom. The summed E-state index contributed by atoms with van der Waals surface area (Å²) in [5.41, 5.74) is 1.03. The van der Waals surface area contributed by atoms with Gasteiger partial charge in [0.25, 0.3) is 0 Å². The van der Waals surface area contributed by atoms with Gasteiger partial charge < -0.3 is 15.2 Å². The standard InChI is InChI=1S/C17H27N5OS/c1-5-13(6-2)15-8-14(23-22-15)10-20-17(18-7-3)21-11-16-19-9-12(4)24-16/h8-9,13H,5-7,10-11H2,1-4H3,(H2,18,20,21). The second-order valence-electron chi connectivity index (χ2n) is 5.64. The molecule has 2 N–H and O–H groups in total. The SMILES string of the molecule is CCNC(=NCc1cc(C(CC)CC)no1)NCc1ncc(C)s1. The van der Waals surface area contributed by atoms with Crippen LogP contribution in [0.5, 0.6) is 0 Å². The molecule has 0 saturated carbocycles. The maximum Gasteiger partial charge on any atom is 0.192 e. The molecule has 0 saturated heterocycles. The molecule has 0 atom stereocenters. The Morgan fingerprint density at radius 2 is 2.08 bits per heavy atom. The van der Waals surface area contributed by atoms with E-state index in [9.17, 15) is 0 Å². The molecule has 0 amide bonds. The van der Waals surface area contributed by atoms with Crippen LogP contribution in [-0.4, -0.2) is 22.6 Å². The Labute approximate surface area is 147 Å². The van der Waals surface area contributed by atoms with E-state index in [1.165, 1.54) is 4.88 Å². The molecule has 0 aromatic carbocycles. The molecule has 0 unspecified atom stereocenters. The zero-order valence-corrected chi connectivity index (χ0v) is 15.7. The Hall–Kier alpha value is -1.89. The number of nitrogens with zero attached hydrogens (tertiary/aromatic N) is 3. The number of aryl methyl sites for hydroxylation is 1. The third-order valence-electron chi connectivity index (χ3n) is 3.79. The molecule has 24 heavy (non-hydrogen) atoms. The van der Waals surface area contributed by atoms with Gasteiger partial charge in [-0.2, -0.15) is 0 Å². The van der Waals surface area contributed by atoms with Crippen LogP contribution in [0.2, 0.25) is 0 Å². The van der Waals surface area contributed by atoms with Crippen molar-refractivity contribution in [2.45, 2.75) is 59.5 Å². The van der Waals surface area contributed by atoms with Gasteiger partial charge in [0.05, 0.1) is 12.2 Å². The molecule has 2 aromatic heterocycles. The minimum absolute atomic E-state index is 0.464. The highest BCUT2D eigenvalue weighted by molar-refractivity contribution is 7.11. The summed E-state index contributed by atoms with van der Waals surface area (Å²) in [6.07, 6.45) is 4.03. The molecule has 0 aliphatic rings. The van der Waals surface area contributed by atoms with E-state index in [1.807, 2.05) is 19.2 Å². The van der Waals surface area contributed by atoms with Crippen LogP contribution in [-0.2, 0) is 13.1 Å². The largest absolute Gasteiger partial charge is 0.359 e. The van der Waals surface area contributed by atoms with Gasteiger partial charge in [-0.15, -0.1) is 11.3 Å². The quantitative estimate of drug-likeness (QED) is 0.562. The van der Waals surface area contributed by atoms with Crippen molar-refractivity contribution in [3.63, 3.8) is 0 Å². The van der Waals surface area contributed by atoms with Crippen LogP contribution in [0.15, 0.2) is 21.8 Å². The maximum atomic E-state index is 5.42. The maximum absolute atomic E-state index is 5.42. The van der Waals surface area contributed by atoms with Gasteiger partial charge in [-0.1, -0.05) is 19.0 Å². The Kier molecular flexibility index (Phi) is 7.24. The summed E-state index contributed by atoms with van der Waals surface area (Å²) in [5.74, 6) is 2.01. The first kappa shape index (κ1) is 18.4. The van der Waals surface area contributed by atoms with Crippen LogP contribution >= 0.6 is 11.3 Å². The first-order valence-corrected chi connectivity index (χ1v) is 9.36. The fourth-order valence-electron chi connectivity index (χ4n) is 2.44. The average molecular weight is 350 g/mol. The summed E-state index contributed by atoms with van der Waals surface area (Å²) in [5, 5.41) is 11.8. The van der Waals surface area contributed by atoms with Crippen molar-refractivity contribution in [3.8, 4) is 0 Å². The van der Waals surface area contributed by atoms with Crippen LogP contribution in [0.4, 0.5) is 0 Å². The zero-order valence-electron chi connectivity index (χ0n) is 14.9. The van der Waals surface area contributed by atoms with Crippen LogP contribution < -0.4 is 10.6 Å². The highest BCUT2D eigenvalue weighted by Gasteiger charge is 2.12. The van der Waals surface area contributed by atoms with Gasteiger partial charge in [0.2, 0.25) is 0 Å². The van der Waals surface area contributed by atoms with E-state index in [2.05, 4.69) is 46.5 Å². The second kappa shape index (κ2) is 9.42. The third kappa shape index (κ3) is 5.33. The van der Waals surface area contributed by atoms with Crippen LogP contribution in [0.25, 0.3) is 0 Å². The summed E-state index contributed by atoms with van der Waals surface area (Å²) >= 11 is 1.69. The van der Waals surface area contributed by atoms with Crippen molar-refractivity contribution in [2.24, 2.45) is 4.99 Å². The molecule has 6 nitrogen and oxygen atoms in total. The van der Waals surface area contributed by atoms with Crippen molar-refractivity contribution < 1.29 is 4.52 Å². The molecule has 2 heterocycles. The van der Waals surface area contributed by atoms with Gasteiger partial charge >= 0.3 is 0 Å². The number of rotatable bonds is 8. The van der Waals surface area contributed by atoms with Crippen molar-refractivity contribution in [3.05, 3.63) is 33.6 Å². The molecule has 132 valence electrons. The van der Waals surface area contributed by atoms with Crippen molar-refractivity contribution in [1.82, 2.24) is 20.8 Å². The number of hydrogen-bond acceptors (Lipinski definition) is 5. The van der Waals surface area contributed by atoms with E-state index < -0.39 is 0 Å². The molecule has 2 aromatic rings. The second-order valence-corrected chi connectivity index (χ2v) is 6.96. The highest BCUT2D eigenvalue weighted by atomic mass is 32.1. The topological polar surface area (TPSA) is 75.3 Å². The lowest BCUT2D eigenvalue weighted by Crippen LogP contribution is -2.36. The lowest BCUT2D eigenvalue weighted by Gasteiger charge is -2.09. The summed E-state index contributed by atoms with van der Waals surface area (Å²) in [7, 11) is 0. The number of guanidine groups is 1. The Bertz CT molecular complexity index is 645. The first-order valence-electron chi connectivity index (χ1n) is 8.55. The van der Waals surface area contributed by atoms with Gasteiger partial charge in [0.1, 0.15) is 11.6 Å². The van der Waals surface area contributed by atoms with Gasteiger partial charge in [-0.05, 0) is 26.7 Å². The summed E-state index contributed by atoms with van der Waals surface area (Å²) in [6, 6.07) is 2.02. The van der Waals surface area contributed by atoms with Crippen LogP contribution in [0, 0.1) is 6.92 Å². The highest BCUT2D eigenvalue weighted by Crippen LogP contribution is 2.22. The van der Waals surface area contributed by atoms with Crippen molar-refractivity contribution in [2.75, 3.05) is 6.54 Å². The number of aliphatic imine (C=N–C) groups is 1. The molecule has 0 spiro atoms. The predicted molar refractivity (Wildman–Crippen MR) is 98.3 cm³/mol. The van der Waals surface area contributed by atoms with E-state index in [0.29, 0.717) is 19.0 Å². The van der Waals surface area contributed by atoms with E-state index in [-0.39, 0.29) is 0 Å². The monoisotopic (exact) mass is 349 g/mol. The molecular weight excluding hydrogens is 322 g/mol. The van der Waals surface area contributed by atoms with E-state index in [4.69, 9.17) is 4.52 Å². The van der Waals surface area contributed by atoms with Gasteiger partial charge in [0, 0.05) is 29.6 Å². The van der Waals surface area contributed by atoms with Gasteiger partial charge in [-0.3, -0.25) is 0 Å². The number of hydrogen-bond donors (Lipinski definition) is 2. The van der Waals surface area contributed by atoms with E-state index in [0.717, 1.165) is 41.8 Å². The summed E-state index contributed by atoms with van der Waals surface area (Å²) in [4.78, 5) is 10.1. The average Bonchev–Trinajstić information content (AvgIpc) is 3.21. The number of aromatic nitrogens is 2. The van der Waals surface area contributed by atoms with E-state index >= 15 is 0 Å². The molecule has 0 aliphatic heterocycles. The number of nitrogens with one attached hydrogen (secondary N) is 2. The van der Waals surface area contributed by atoms with Crippen LogP contribution in [0.3, 0.4) is 0 Å². The molecule has 0 fully saturated rings. The molecule has 2 rings (SSSR count). The molecule has 0 radical (unpaired) electrons. The summed E-state index contributed by atoms with van der Waals surface area (Å²) < 4.78 is 5.42. The lowest BCUT2D eigenvalue weighted by molar-refractivity contribution is 0.372. The zero-order chi connectivity index (χ0) is 17.4. The fourth-order valence-corrected chi connectivity index (χ4v) is 3.17. The lowest BCUT2D eigenvalue weighted by atomic mass is 9.99. The van der Waals surface area contributed by atoms with Crippen molar-refractivity contribution >= 4 is 17.3 Å². The third-order valence-corrected chi connectivity index (χ3v) is 4.71. The first-order chi connectivity index (χ1) is 11.7. The Balaban J connectivity index is 1.95. The van der Waals surface area contributed by atoms with E-state index in [1.54, 1.807) is 11.3 Å². The normalized spacial score (nSPS) is 12.0. The molecule has 7 heteroatoms. The smallest absolute Gasteiger partial charge is 0.192 e. The summed E-state index contributed by atoms with van der Waals surface area (Å²) in [6.45, 7) is 10.4. The minimum Gasteiger partial charge on any atom is -0.359 e. The Morgan fingerprint density at radius 3 is 2.71 bits per heavy atom. The van der Waals surface area contributed by atoms with Gasteiger partial charge in [0.15, 0.2) is 11.7 Å². The predicted octanol–water partition coefficient (Wildman–Crippen LogP) is 3.60. The van der Waals surface area contributed by atoms with Crippen molar-refractivity contribution in [1.29, 1.82) is 0 Å². The number of thiazole rings is 1. The molecular formula is C17H27N5OS. The van der Waals surface area contributed by atoms with Gasteiger partial charge in [-0.25, -0.2) is 9.98 Å². The minimum atomic E-state index is 0.464. The fraction of sp³-hybridized carbons (Fsp3) is 0.588. The molecule has 0 bridgehead atoms.